The standard InChI is InChI=1S/C11H23N3O3S/c1-8(2)6-7-18(16,17)14-10-5-3-4-9(10)11(12)13-15/h8-10,14-15H,3-7H2,1-2H3,(H2,12,13). The second-order valence-electron chi connectivity index (χ2n) is 5.29. The Labute approximate surface area is 109 Å². The Morgan fingerprint density at radius 1 is 1.50 bits per heavy atom. The van der Waals surface area contributed by atoms with Crippen LogP contribution in [0.4, 0.5) is 0 Å². The minimum atomic E-state index is -3.28. The molecule has 1 fully saturated rings. The molecule has 0 aromatic rings. The monoisotopic (exact) mass is 277 g/mol. The summed E-state index contributed by atoms with van der Waals surface area (Å²) < 4.78 is 26.5. The lowest BCUT2D eigenvalue weighted by molar-refractivity contribution is 0.312. The van der Waals surface area contributed by atoms with Gasteiger partial charge in [-0.1, -0.05) is 25.4 Å². The van der Waals surface area contributed by atoms with E-state index >= 15 is 0 Å². The first kappa shape index (κ1) is 15.2. The van der Waals surface area contributed by atoms with Gasteiger partial charge in [-0.25, -0.2) is 13.1 Å². The maximum atomic E-state index is 11.9. The highest BCUT2D eigenvalue weighted by Crippen LogP contribution is 2.26. The van der Waals surface area contributed by atoms with E-state index in [1.807, 2.05) is 13.8 Å². The highest BCUT2D eigenvalue weighted by molar-refractivity contribution is 7.89. The first-order valence-electron chi connectivity index (χ1n) is 6.33. The average molecular weight is 277 g/mol. The van der Waals surface area contributed by atoms with Crippen LogP contribution in [-0.2, 0) is 10.0 Å². The molecule has 0 aromatic heterocycles. The minimum Gasteiger partial charge on any atom is -0.409 e. The molecule has 6 nitrogen and oxygen atoms in total. The Hall–Kier alpha value is -0.820. The summed E-state index contributed by atoms with van der Waals surface area (Å²) >= 11 is 0. The van der Waals surface area contributed by atoms with Crippen molar-refractivity contribution in [3.05, 3.63) is 0 Å². The van der Waals surface area contributed by atoms with Crippen molar-refractivity contribution in [2.45, 2.75) is 45.6 Å². The largest absolute Gasteiger partial charge is 0.409 e. The van der Waals surface area contributed by atoms with E-state index in [-0.39, 0.29) is 23.5 Å². The predicted molar refractivity (Wildman–Crippen MR) is 70.9 cm³/mol. The molecule has 18 heavy (non-hydrogen) atoms. The molecule has 0 heterocycles. The lowest BCUT2D eigenvalue weighted by atomic mass is 10.0. The molecule has 0 aromatic carbocycles. The van der Waals surface area contributed by atoms with E-state index in [1.54, 1.807) is 0 Å². The Balaban J connectivity index is 2.60. The fourth-order valence-electron chi connectivity index (χ4n) is 2.21. The number of amidine groups is 1. The maximum Gasteiger partial charge on any atom is 0.211 e. The Morgan fingerprint density at radius 2 is 2.17 bits per heavy atom. The second-order valence-corrected chi connectivity index (χ2v) is 7.16. The summed E-state index contributed by atoms with van der Waals surface area (Å²) in [6.07, 6.45) is 3.02. The van der Waals surface area contributed by atoms with Gasteiger partial charge in [0.05, 0.1) is 5.75 Å². The van der Waals surface area contributed by atoms with E-state index in [9.17, 15) is 8.42 Å². The smallest absolute Gasteiger partial charge is 0.211 e. The summed E-state index contributed by atoms with van der Waals surface area (Å²) in [7, 11) is -3.28. The second kappa shape index (κ2) is 6.38. The van der Waals surface area contributed by atoms with E-state index in [1.165, 1.54) is 0 Å². The molecule has 106 valence electrons. The fraction of sp³-hybridized carbons (Fsp3) is 0.909. The van der Waals surface area contributed by atoms with Gasteiger partial charge in [-0.2, -0.15) is 0 Å². The van der Waals surface area contributed by atoms with Gasteiger partial charge < -0.3 is 10.9 Å². The van der Waals surface area contributed by atoms with Crippen LogP contribution in [0.2, 0.25) is 0 Å². The summed E-state index contributed by atoms with van der Waals surface area (Å²) in [5.41, 5.74) is 5.57. The van der Waals surface area contributed by atoms with Gasteiger partial charge in [-0.05, 0) is 25.2 Å². The van der Waals surface area contributed by atoms with Gasteiger partial charge in [0.15, 0.2) is 0 Å². The number of sulfonamides is 1. The van der Waals surface area contributed by atoms with Crippen molar-refractivity contribution in [3.8, 4) is 0 Å². The van der Waals surface area contributed by atoms with Crippen LogP contribution in [0.3, 0.4) is 0 Å². The zero-order valence-corrected chi connectivity index (χ0v) is 11.8. The molecule has 0 spiro atoms. The molecule has 0 saturated heterocycles. The van der Waals surface area contributed by atoms with Crippen molar-refractivity contribution in [2.24, 2.45) is 22.7 Å². The number of nitrogens with two attached hydrogens (primary N) is 1. The predicted octanol–water partition coefficient (Wildman–Crippen LogP) is 0.867. The summed E-state index contributed by atoms with van der Waals surface area (Å²) in [5, 5.41) is 11.7. The molecular weight excluding hydrogens is 254 g/mol. The van der Waals surface area contributed by atoms with Crippen molar-refractivity contribution < 1.29 is 13.6 Å². The van der Waals surface area contributed by atoms with E-state index in [0.717, 1.165) is 19.3 Å². The van der Waals surface area contributed by atoms with Crippen LogP contribution in [0.5, 0.6) is 0 Å². The van der Waals surface area contributed by atoms with Gasteiger partial charge in [-0.15, -0.1) is 0 Å². The average Bonchev–Trinajstić information content (AvgIpc) is 2.73. The fourth-order valence-corrected chi connectivity index (χ4v) is 3.85. The van der Waals surface area contributed by atoms with Crippen molar-refractivity contribution in [1.82, 2.24) is 4.72 Å². The number of hydrogen-bond acceptors (Lipinski definition) is 4. The van der Waals surface area contributed by atoms with Gasteiger partial charge >= 0.3 is 0 Å². The molecule has 1 aliphatic carbocycles. The molecule has 1 aliphatic rings. The Morgan fingerprint density at radius 3 is 2.72 bits per heavy atom. The van der Waals surface area contributed by atoms with Crippen LogP contribution in [-0.4, -0.2) is 31.3 Å². The third-order valence-electron chi connectivity index (χ3n) is 3.31. The Bertz CT molecular complexity index is 392. The third-order valence-corrected chi connectivity index (χ3v) is 4.74. The van der Waals surface area contributed by atoms with Crippen LogP contribution in [0.25, 0.3) is 0 Å². The van der Waals surface area contributed by atoms with Crippen LogP contribution in [0, 0.1) is 11.8 Å². The molecule has 2 unspecified atom stereocenters. The highest BCUT2D eigenvalue weighted by Gasteiger charge is 2.33. The van der Waals surface area contributed by atoms with E-state index in [0.29, 0.717) is 12.3 Å². The van der Waals surface area contributed by atoms with Crippen LogP contribution >= 0.6 is 0 Å². The molecule has 4 N–H and O–H groups in total. The quantitative estimate of drug-likeness (QED) is 0.290. The first-order chi connectivity index (χ1) is 8.35. The first-order valence-corrected chi connectivity index (χ1v) is 7.98. The lowest BCUT2D eigenvalue weighted by Gasteiger charge is -2.20. The molecule has 7 heteroatoms. The number of rotatable bonds is 6. The van der Waals surface area contributed by atoms with E-state index in [2.05, 4.69) is 9.88 Å². The summed E-state index contributed by atoms with van der Waals surface area (Å²) in [6, 6.07) is -0.238. The molecule has 0 radical (unpaired) electrons. The van der Waals surface area contributed by atoms with Crippen LogP contribution in [0.15, 0.2) is 5.16 Å². The number of nitrogens with one attached hydrogen (secondary N) is 1. The van der Waals surface area contributed by atoms with Gasteiger partial charge in [0.25, 0.3) is 0 Å². The third kappa shape index (κ3) is 4.45. The zero-order chi connectivity index (χ0) is 13.8. The van der Waals surface area contributed by atoms with Crippen molar-refractivity contribution in [2.75, 3.05) is 5.75 Å². The number of oxime groups is 1. The normalized spacial score (nSPS) is 25.8. The maximum absolute atomic E-state index is 11.9. The molecule has 1 saturated carbocycles. The molecule has 1 rings (SSSR count). The lowest BCUT2D eigenvalue weighted by Crippen LogP contribution is -2.43. The summed E-state index contributed by atoms with van der Waals surface area (Å²) in [6.45, 7) is 3.98. The van der Waals surface area contributed by atoms with Crippen molar-refractivity contribution in [3.63, 3.8) is 0 Å². The minimum absolute atomic E-state index is 0.115. The van der Waals surface area contributed by atoms with Gasteiger partial charge in [0.1, 0.15) is 5.84 Å². The molecule has 2 atom stereocenters. The molecule has 0 bridgehead atoms. The SMILES string of the molecule is CC(C)CCS(=O)(=O)NC1CCCC1C(N)=NO. The molecule has 0 amide bonds. The van der Waals surface area contributed by atoms with Crippen molar-refractivity contribution >= 4 is 15.9 Å². The number of hydrogen-bond donors (Lipinski definition) is 3. The van der Waals surface area contributed by atoms with Gasteiger partial charge in [-0.3, -0.25) is 0 Å². The zero-order valence-electron chi connectivity index (χ0n) is 11.0. The molecular formula is C11H23N3O3S. The number of nitrogens with zero attached hydrogens (tertiary/aromatic N) is 1. The Kier molecular flexibility index (Phi) is 5.40. The summed E-state index contributed by atoms with van der Waals surface area (Å²) in [4.78, 5) is 0. The highest BCUT2D eigenvalue weighted by atomic mass is 32.2. The topological polar surface area (TPSA) is 105 Å². The van der Waals surface area contributed by atoms with Crippen LogP contribution in [0.1, 0.15) is 39.5 Å². The van der Waals surface area contributed by atoms with E-state index < -0.39 is 10.0 Å². The van der Waals surface area contributed by atoms with E-state index in [4.69, 9.17) is 10.9 Å². The summed E-state index contributed by atoms with van der Waals surface area (Å²) in [5.74, 6) is 0.405. The van der Waals surface area contributed by atoms with Gasteiger partial charge in [0.2, 0.25) is 10.0 Å². The van der Waals surface area contributed by atoms with Gasteiger partial charge in [0, 0.05) is 12.0 Å². The van der Waals surface area contributed by atoms with Crippen LogP contribution < -0.4 is 10.5 Å². The van der Waals surface area contributed by atoms with Crippen molar-refractivity contribution in [1.29, 1.82) is 0 Å². The molecule has 0 aliphatic heterocycles.